The van der Waals surface area contributed by atoms with Gasteiger partial charge in [0.2, 0.25) is 0 Å². The summed E-state index contributed by atoms with van der Waals surface area (Å²) in [5.41, 5.74) is 20.6. The topological polar surface area (TPSA) is 49.1 Å². The van der Waals surface area contributed by atoms with Crippen LogP contribution in [0.1, 0.15) is 27.8 Å². The van der Waals surface area contributed by atoms with Crippen molar-refractivity contribution >= 4 is 139 Å². The van der Waals surface area contributed by atoms with Crippen LogP contribution in [0.2, 0.25) is 0 Å². The zero-order valence-electron chi connectivity index (χ0n) is 44.5. The van der Waals surface area contributed by atoms with Crippen LogP contribution in [0.25, 0.3) is 87.4 Å². The minimum absolute atomic E-state index is 0.814. The van der Waals surface area contributed by atoms with Crippen LogP contribution in [-0.2, 0) is 0 Å². The van der Waals surface area contributed by atoms with Gasteiger partial charge in [0.05, 0.1) is 0 Å². The predicted molar refractivity (Wildman–Crippen MR) is 331 cm³/mol. The van der Waals surface area contributed by atoms with E-state index in [0.717, 1.165) is 122 Å². The van der Waals surface area contributed by atoms with Crippen molar-refractivity contribution in [1.29, 1.82) is 0 Å². The maximum absolute atomic E-state index is 6.72. The highest BCUT2D eigenvalue weighted by Gasteiger charge is 2.23. The van der Waals surface area contributed by atoms with E-state index < -0.39 is 0 Å². The van der Waals surface area contributed by atoms with Gasteiger partial charge in [-0.3, -0.25) is 0 Å². The van der Waals surface area contributed by atoms with Crippen molar-refractivity contribution in [2.24, 2.45) is 0 Å². The van der Waals surface area contributed by atoms with Gasteiger partial charge >= 0.3 is 0 Å². The molecule has 0 spiro atoms. The van der Waals surface area contributed by atoms with Crippen LogP contribution in [-0.4, -0.2) is 0 Å². The first-order valence-corrected chi connectivity index (χ1v) is 27.0. The van der Waals surface area contributed by atoms with Crippen molar-refractivity contribution < 1.29 is 13.3 Å². The normalized spacial score (nSPS) is 11.9. The van der Waals surface area contributed by atoms with Gasteiger partial charge in [-0.25, -0.2) is 0 Å². The molecule has 0 aliphatic heterocycles. The SMILES string of the molecule is Cc1ccc(N(c2ccc3oc4ccc(N(c5ccc6ccccc6c5)c5ccc6oc7ccc(N(c8ccc9ccccc9c8)c8ccc9oc%10ccc(C)cc%10c9c8)cc7c6c5)cc4c3c2)c2ccc(C)cc2C)c(C)c1. The maximum Gasteiger partial charge on any atom is 0.135 e. The van der Waals surface area contributed by atoms with Crippen LogP contribution < -0.4 is 14.7 Å². The first kappa shape index (κ1) is 46.3. The van der Waals surface area contributed by atoms with Crippen LogP contribution in [0.4, 0.5) is 51.2 Å². The summed E-state index contributed by atoms with van der Waals surface area (Å²) in [5, 5.41) is 11.0. The first-order valence-electron chi connectivity index (χ1n) is 27.0. The molecule has 0 bridgehead atoms. The third-order valence-electron chi connectivity index (χ3n) is 15.9. The largest absolute Gasteiger partial charge is 0.456 e. The Labute approximate surface area is 457 Å². The van der Waals surface area contributed by atoms with Crippen molar-refractivity contribution in [1.82, 2.24) is 0 Å². The van der Waals surface area contributed by atoms with E-state index in [1.165, 1.54) is 44.0 Å². The standard InChI is InChI=1S/C73H53N3O3/c1-44-14-26-66(47(4)34-44)76(67-27-15-45(2)35-48(67)5)59-25-33-73-65(43-59)64-42-58(24-32-72(64)79-73)75(54-20-18-50-11-7-9-13-52(50)38-54)57-23-31-71-63(41-57)62-40-56(22-30-70(62)78-71)74(53-19-17-49-10-6-8-12-51(49)37-53)55-21-29-69-61(39-55)60-36-46(3)16-28-68(60)77-69/h6-43H,1-5H3. The summed E-state index contributed by atoms with van der Waals surface area (Å²) in [5.74, 6) is 0. The van der Waals surface area contributed by atoms with Gasteiger partial charge in [-0.05, 0) is 207 Å². The second kappa shape index (κ2) is 18.0. The molecule has 3 heterocycles. The monoisotopic (exact) mass is 1020 g/mol. The number of rotatable bonds is 9. The lowest BCUT2D eigenvalue weighted by atomic mass is 10.0. The Morgan fingerprint density at radius 1 is 0.228 bits per heavy atom. The molecule has 0 radical (unpaired) electrons. The lowest BCUT2D eigenvalue weighted by Gasteiger charge is -2.29. The van der Waals surface area contributed by atoms with Crippen LogP contribution in [0.3, 0.4) is 0 Å². The van der Waals surface area contributed by atoms with Crippen molar-refractivity contribution in [2.75, 3.05) is 14.7 Å². The van der Waals surface area contributed by atoms with E-state index in [-0.39, 0.29) is 0 Å². The quantitative estimate of drug-likeness (QED) is 0.144. The zero-order chi connectivity index (χ0) is 53.0. The molecular formula is C73H53N3O3. The molecule has 15 rings (SSSR count). The van der Waals surface area contributed by atoms with Crippen molar-refractivity contribution in [3.05, 3.63) is 258 Å². The molecule has 0 aliphatic rings. The fourth-order valence-electron chi connectivity index (χ4n) is 12.1. The van der Waals surface area contributed by atoms with Gasteiger partial charge < -0.3 is 28.0 Å². The fraction of sp³-hybridized carbons (Fsp3) is 0.0685. The zero-order valence-corrected chi connectivity index (χ0v) is 44.5. The molecule has 0 N–H and O–H groups in total. The summed E-state index contributed by atoms with van der Waals surface area (Å²) in [6.07, 6.45) is 0. The highest BCUT2D eigenvalue weighted by molar-refractivity contribution is 6.11. The van der Waals surface area contributed by atoms with Crippen LogP contribution in [0, 0.1) is 34.6 Å². The van der Waals surface area contributed by atoms with E-state index in [1.54, 1.807) is 0 Å². The number of aryl methyl sites for hydroxylation is 5. The predicted octanol–water partition coefficient (Wildman–Crippen LogP) is 21.6. The number of anilines is 9. The second-order valence-corrected chi connectivity index (χ2v) is 21.4. The fourth-order valence-corrected chi connectivity index (χ4v) is 12.1. The number of nitrogens with zero attached hydrogens (tertiary/aromatic N) is 3. The minimum atomic E-state index is 0.814. The van der Waals surface area contributed by atoms with E-state index in [2.05, 4.69) is 280 Å². The lowest BCUT2D eigenvalue weighted by molar-refractivity contribution is 0.668. The van der Waals surface area contributed by atoms with Gasteiger partial charge in [-0.2, -0.15) is 0 Å². The number of hydrogen-bond acceptors (Lipinski definition) is 6. The number of benzene rings is 12. The number of fused-ring (bicyclic) bond motifs is 11. The number of furan rings is 3. The van der Waals surface area contributed by atoms with Crippen LogP contribution >= 0.6 is 0 Å². The molecular weight excluding hydrogens is 967 g/mol. The van der Waals surface area contributed by atoms with E-state index in [1.807, 2.05) is 0 Å². The van der Waals surface area contributed by atoms with Gasteiger partial charge in [-0.15, -0.1) is 0 Å². The second-order valence-electron chi connectivity index (χ2n) is 21.4. The van der Waals surface area contributed by atoms with E-state index >= 15 is 0 Å². The molecule has 0 atom stereocenters. The van der Waals surface area contributed by atoms with Gasteiger partial charge in [0.25, 0.3) is 0 Å². The lowest BCUT2D eigenvalue weighted by Crippen LogP contribution is -2.13. The van der Waals surface area contributed by atoms with Gasteiger partial charge in [0.1, 0.15) is 33.5 Å². The smallest absolute Gasteiger partial charge is 0.135 e. The molecule has 6 heteroatoms. The molecule has 12 aromatic carbocycles. The Kier molecular flexibility index (Phi) is 10.6. The molecule has 15 aromatic rings. The summed E-state index contributed by atoms with van der Waals surface area (Å²) < 4.78 is 19.8. The average molecular weight is 1020 g/mol. The van der Waals surface area contributed by atoms with Gasteiger partial charge in [0, 0.05) is 83.5 Å². The molecule has 0 saturated carbocycles. The highest BCUT2D eigenvalue weighted by atomic mass is 16.3. The van der Waals surface area contributed by atoms with Crippen LogP contribution in [0.5, 0.6) is 0 Å². The Bertz CT molecular complexity index is 4910. The Morgan fingerprint density at radius 2 is 0.506 bits per heavy atom. The Morgan fingerprint density at radius 3 is 0.873 bits per heavy atom. The maximum atomic E-state index is 6.72. The molecule has 6 nitrogen and oxygen atoms in total. The summed E-state index contributed by atoms with van der Waals surface area (Å²) in [4.78, 5) is 7.11. The average Bonchev–Trinajstić information content (AvgIpc) is 4.29. The number of hydrogen-bond donors (Lipinski definition) is 0. The third kappa shape index (κ3) is 7.86. The van der Waals surface area contributed by atoms with E-state index in [0.29, 0.717) is 0 Å². The molecule has 0 aliphatic carbocycles. The Hall–Kier alpha value is -10.0. The van der Waals surface area contributed by atoms with Gasteiger partial charge in [0.15, 0.2) is 0 Å². The first-order chi connectivity index (χ1) is 38.6. The Balaban J connectivity index is 0.897. The van der Waals surface area contributed by atoms with Gasteiger partial charge in [-0.1, -0.05) is 108 Å². The van der Waals surface area contributed by atoms with Crippen molar-refractivity contribution in [3.63, 3.8) is 0 Å². The summed E-state index contributed by atoms with van der Waals surface area (Å²) >= 11 is 0. The molecule has 378 valence electrons. The van der Waals surface area contributed by atoms with Crippen molar-refractivity contribution in [2.45, 2.75) is 34.6 Å². The molecule has 79 heavy (non-hydrogen) atoms. The molecule has 3 aromatic heterocycles. The molecule has 0 amide bonds. The molecule has 0 fully saturated rings. The minimum Gasteiger partial charge on any atom is -0.456 e. The summed E-state index contributed by atoms with van der Waals surface area (Å²) in [7, 11) is 0. The van der Waals surface area contributed by atoms with Crippen LogP contribution in [0.15, 0.2) is 244 Å². The molecule has 0 saturated heterocycles. The summed E-state index contributed by atoms with van der Waals surface area (Å²) in [6.45, 7) is 10.8. The molecule has 0 unspecified atom stereocenters. The summed E-state index contributed by atoms with van der Waals surface area (Å²) in [6, 6.07) is 83.2. The van der Waals surface area contributed by atoms with E-state index in [9.17, 15) is 0 Å². The highest BCUT2D eigenvalue weighted by Crippen LogP contribution is 2.47. The third-order valence-corrected chi connectivity index (χ3v) is 15.9. The van der Waals surface area contributed by atoms with E-state index in [4.69, 9.17) is 13.3 Å². The van der Waals surface area contributed by atoms with Crippen molar-refractivity contribution in [3.8, 4) is 0 Å².